The average Bonchev–Trinajstić information content (AvgIpc) is 2.73. The topological polar surface area (TPSA) is 87.7 Å². The number of nitrogens with one attached hydrogen (secondary N) is 2. The Morgan fingerprint density at radius 2 is 1.72 bits per heavy atom. The number of hydrogen-bond donors (Lipinski definition) is 2. The molecule has 32 heavy (non-hydrogen) atoms. The highest BCUT2D eigenvalue weighted by Gasteiger charge is 2.29. The van der Waals surface area contributed by atoms with Crippen LogP contribution >= 0.6 is 0 Å². The fraction of sp³-hybridized carbons (Fsp3) is 0.381. The largest absolute Gasteiger partial charge is 0.482 e. The Morgan fingerprint density at radius 1 is 1.06 bits per heavy atom. The van der Waals surface area contributed by atoms with Crippen LogP contribution in [0.1, 0.15) is 19.4 Å². The Balaban J connectivity index is 2.10. The molecule has 0 bridgehead atoms. The SMILES string of the molecule is CCN(CC)S(=O)(=O)c1ccc(C)c(NC(=O)CNc2ccccc2OCC(F)(F)F)c1. The van der Waals surface area contributed by atoms with Gasteiger partial charge in [0.15, 0.2) is 6.61 Å². The maximum Gasteiger partial charge on any atom is 0.422 e. The van der Waals surface area contributed by atoms with Gasteiger partial charge in [-0.15, -0.1) is 0 Å². The lowest BCUT2D eigenvalue weighted by atomic mass is 10.2. The van der Waals surface area contributed by atoms with Gasteiger partial charge in [0.05, 0.1) is 17.1 Å². The van der Waals surface area contributed by atoms with Crippen molar-refractivity contribution in [3.05, 3.63) is 48.0 Å². The lowest BCUT2D eigenvalue weighted by Crippen LogP contribution is -2.30. The van der Waals surface area contributed by atoms with Gasteiger partial charge in [-0.1, -0.05) is 32.0 Å². The molecule has 7 nitrogen and oxygen atoms in total. The molecule has 0 radical (unpaired) electrons. The van der Waals surface area contributed by atoms with Crippen LogP contribution in [0.2, 0.25) is 0 Å². The van der Waals surface area contributed by atoms with Gasteiger partial charge >= 0.3 is 6.18 Å². The van der Waals surface area contributed by atoms with Crippen LogP contribution in [0.15, 0.2) is 47.4 Å². The minimum Gasteiger partial charge on any atom is -0.482 e. The normalized spacial score (nSPS) is 12.0. The van der Waals surface area contributed by atoms with E-state index in [2.05, 4.69) is 10.6 Å². The molecular formula is C21H26F3N3O4S. The third-order valence-electron chi connectivity index (χ3n) is 4.54. The van der Waals surface area contributed by atoms with Crippen molar-refractivity contribution in [1.29, 1.82) is 0 Å². The molecule has 0 aliphatic carbocycles. The molecule has 176 valence electrons. The number of alkyl halides is 3. The van der Waals surface area contributed by atoms with E-state index in [0.29, 0.717) is 24.3 Å². The number of anilines is 2. The monoisotopic (exact) mass is 473 g/mol. The second-order valence-electron chi connectivity index (χ2n) is 6.87. The number of carbonyl (C=O) groups excluding carboxylic acids is 1. The van der Waals surface area contributed by atoms with Crippen LogP contribution in [-0.2, 0) is 14.8 Å². The number of amides is 1. The van der Waals surface area contributed by atoms with Gasteiger partial charge in [0.25, 0.3) is 0 Å². The predicted octanol–water partition coefficient (Wildman–Crippen LogP) is 4.02. The molecular weight excluding hydrogens is 447 g/mol. The number of aryl methyl sites for hydroxylation is 1. The highest BCUT2D eigenvalue weighted by atomic mass is 32.2. The summed E-state index contributed by atoms with van der Waals surface area (Å²) in [5, 5.41) is 5.38. The first-order chi connectivity index (χ1) is 15.0. The summed E-state index contributed by atoms with van der Waals surface area (Å²) >= 11 is 0. The lowest BCUT2D eigenvalue weighted by molar-refractivity contribution is -0.153. The maximum atomic E-state index is 12.7. The Kier molecular flexibility index (Phi) is 8.51. The highest BCUT2D eigenvalue weighted by molar-refractivity contribution is 7.89. The summed E-state index contributed by atoms with van der Waals surface area (Å²) < 4.78 is 68.8. The van der Waals surface area contributed by atoms with Gasteiger partial charge in [0.2, 0.25) is 15.9 Å². The summed E-state index contributed by atoms with van der Waals surface area (Å²) in [6.07, 6.45) is -4.49. The van der Waals surface area contributed by atoms with Crippen molar-refractivity contribution in [2.45, 2.75) is 31.8 Å². The van der Waals surface area contributed by atoms with Crippen LogP contribution in [0, 0.1) is 6.92 Å². The summed E-state index contributed by atoms with van der Waals surface area (Å²) in [7, 11) is -3.70. The number of ether oxygens (including phenoxy) is 1. The zero-order chi connectivity index (χ0) is 23.9. The molecule has 0 aliphatic heterocycles. The van der Waals surface area contributed by atoms with E-state index in [-0.39, 0.29) is 22.9 Å². The predicted molar refractivity (Wildman–Crippen MR) is 116 cm³/mol. The Hall–Kier alpha value is -2.79. The number of nitrogens with zero attached hydrogens (tertiary/aromatic N) is 1. The molecule has 2 rings (SSSR count). The van der Waals surface area contributed by atoms with Gasteiger partial charge in [-0.05, 0) is 36.8 Å². The van der Waals surface area contributed by atoms with Crippen LogP contribution in [0.25, 0.3) is 0 Å². The van der Waals surface area contributed by atoms with E-state index < -0.39 is 28.7 Å². The molecule has 0 saturated carbocycles. The molecule has 0 aromatic heterocycles. The van der Waals surface area contributed by atoms with Crippen LogP contribution in [0.4, 0.5) is 24.5 Å². The first-order valence-corrected chi connectivity index (χ1v) is 11.3. The number of halogens is 3. The Labute approximate surface area is 185 Å². The quantitative estimate of drug-likeness (QED) is 0.544. The molecule has 1 amide bonds. The van der Waals surface area contributed by atoms with Crippen LogP contribution in [0.3, 0.4) is 0 Å². The number of carbonyl (C=O) groups is 1. The van der Waals surface area contributed by atoms with Gasteiger partial charge in [-0.25, -0.2) is 8.42 Å². The Morgan fingerprint density at radius 3 is 2.34 bits per heavy atom. The van der Waals surface area contributed by atoms with Crippen molar-refractivity contribution in [3.63, 3.8) is 0 Å². The number of sulfonamides is 1. The first-order valence-electron chi connectivity index (χ1n) is 9.91. The minimum atomic E-state index is -4.49. The third kappa shape index (κ3) is 6.86. The second-order valence-corrected chi connectivity index (χ2v) is 8.81. The van der Waals surface area contributed by atoms with E-state index in [4.69, 9.17) is 4.74 Å². The molecule has 0 spiro atoms. The summed E-state index contributed by atoms with van der Waals surface area (Å²) in [5.74, 6) is -0.544. The molecule has 2 aromatic carbocycles. The fourth-order valence-corrected chi connectivity index (χ4v) is 4.36. The minimum absolute atomic E-state index is 0.0406. The highest BCUT2D eigenvalue weighted by Crippen LogP contribution is 2.26. The van der Waals surface area contributed by atoms with Gasteiger partial charge in [-0.2, -0.15) is 17.5 Å². The maximum absolute atomic E-state index is 12.7. The van der Waals surface area contributed by atoms with Gasteiger partial charge in [-0.3, -0.25) is 4.79 Å². The molecule has 2 N–H and O–H groups in total. The van der Waals surface area contributed by atoms with E-state index in [0.717, 1.165) is 0 Å². The number of hydrogen-bond acceptors (Lipinski definition) is 5. The first kappa shape index (κ1) is 25.5. The second kappa shape index (κ2) is 10.7. The molecule has 0 atom stereocenters. The van der Waals surface area contributed by atoms with Crippen molar-refractivity contribution in [1.82, 2.24) is 4.31 Å². The molecule has 0 fully saturated rings. The summed E-state index contributed by atoms with van der Waals surface area (Å²) in [6.45, 7) is 4.10. The van der Waals surface area contributed by atoms with Crippen molar-refractivity contribution in [3.8, 4) is 5.75 Å². The van der Waals surface area contributed by atoms with Crippen molar-refractivity contribution < 1.29 is 31.1 Å². The molecule has 11 heteroatoms. The zero-order valence-corrected chi connectivity index (χ0v) is 18.8. The number of benzene rings is 2. The summed E-state index contributed by atoms with van der Waals surface area (Å²) in [6, 6.07) is 10.4. The number of para-hydroxylation sites is 2. The van der Waals surface area contributed by atoms with Crippen LogP contribution in [-0.4, -0.2) is 51.0 Å². The summed E-state index contributed by atoms with van der Waals surface area (Å²) in [5.41, 5.74) is 1.21. The zero-order valence-electron chi connectivity index (χ0n) is 18.0. The smallest absolute Gasteiger partial charge is 0.422 e. The van der Waals surface area contributed by atoms with E-state index in [1.807, 2.05) is 0 Å². The van der Waals surface area contributed by atoms with E-state index in [1.54, 1.807) is 32.9 Å². The fourth-order valence-electron chi connectivity index (χ4n) is 2.88. The van der Waals surface area contributed by atoms with E-state index >= 15 is 0 Å². The van der Waals surface area contributed by atoms with Crippen LogP contribution < -0.4 is 15.4 Å². The van der Waals surface area contributed by atoms with Gasteiger partial charge in [0.1, 0.15) is 5.75 Å². The third-order valence-corrected chi connectivity index (χ3v) is 6.59. The van der Waals surface area contributed by atoms with Crippen molar-refractivity contribution in [2.24, 2.45) is 0 Å². The van der Waals surface area contributed by atoms with Crippen molar-refractivity contribution >= 4 is 27.3 Å². The standard InChI is InChI=1S/C21H26F3N3O4S/c1-4-27(5-2)32(29,30)16-11-10-15(3)18(12-16)26-20(28)13-25-17-8-6-7-9-19(17)31-14-21(22,23)24/h6-12,25H,4-5,13-14H2,1-3H3,(H,26,28). The number of rotatable bonds is 10. The molecule has 0 unspecified atom stereocenters. The molecule has 0 heterocycles. The van der Waals surface area contributed by atoms with E-state index in [1.165, 1.54) is 34.6 Å². The van der Waals surface area contributed by atoms with Crippen molar-refractivity contribution in [2.75, 3.05) is 36.9 Å². The Bertz CT molecular complexity index is 1040. The molecule has 0 saturated heterocycles. The lowest BCUT2D eigenvalue weighted by Gasteiger charge is -2.19. The van der Waals surface area contributed by atoms with E-state index in [9.17, 15) is 26.4 Å². The van der Waals surface area contributed by atoms with Gasteiger partial charge in [0, 0.05) is 18.8 Å². The molecule has 2 aromatic rings. The average molecular weight is 474 g/mol. The van der Waals surface area contributed by atoms with Gasteiger partial charge < -0.3 is 15.4 Å². The molecule has 0 aliphatic rings. The van der Waals surface area contributed by atoms with Crippen LogP contribution in [0.5, 0.6) is 5.75 Å². The summed E-state index contributed by atoms with van der Waals surface area (Å²) in [4.78, 5) is 12.5.